The number of aromatic nitrogens is 4. The molecule has 0 radical (unpaired) electrons. The van der Waals surface area contributed by atoms with Crippen LogP contribution in [0.15, 0.2) is 48.8 Å². The van der Waals surface area contributed by atoms with Crippen molar-refractivity contribution < 1.29 is 28.6 Å². The van der Waals surface area contributed by atoms with Crippen molar-refractivity contribution >= 4 is 17.6 Å². The molecule has 2 atom stereocenters. The molecular formula is C26H28N6O6. The van der Waals surface area contributed by atoms with Gasteiger partial charge in [0.2, 0.25) is 0 Å². The van der Waals surface area contributed by atoms with Crippen molar-refractivity contribution in [1.29, 1.82) is 0 Å². The summed E-state index contributed by atoms with van der Waals surface area (Å²) in [4.78, 5) is 43.7. The van der Waals surface area contributed by atoms with E-state index in [9.17, 15) is 14.4 Å². The zero-order chi connectivity index (χ0) is 26.5. The molecule has 0 saturated carbocycles. The molecule has 12 heteroatoms. The fourth-order valence-electron chi connectivity index (χ4n) is 4.33. The van der Waals surface area contributed by atoms with Gasteiger partial charge in [0.25, 0.3) is 11.8 Å². The molecular weight excluding hydrogens is 492 g/mol. The van der Waals surface area contributed by atoms with E-state index in [4.69, 9.17) is 14.2 Å². The van der Waals surface area contributed by atoms with E-state index in [0.29, 0.717) is 35.7 Å². The summed E-state index contributed by atoms with van der Waals surface area (Å²) in [6.45, 7) is 3.00. The zero-order valence-corrected chi connectivity index (χ0v) is 20.9. The summed E-state index contributed by atoms with van der Waals surface area (Å²) >= 11 is 0. The molecule has 38 heavy (non-hydrogen) atoms. The van der Waals surface area contributed by atoms with Gasteiger partial charge in [-0.15, -0.1) is 5.10 Å². The number of hydrogen-bond donors (Lipinski definition) is 1. The summed E-state index contributed by atoms with van der Waals surface area (Å²) in [7, 11) is 0. The van der Waals surface area contributed by atoms with Crippen molar-refractivity contribution in [1.82, 2.24) is 30.2 Å². The highest BCUT2D eigenvalue weighted by Gasteiger charge is 2.38. The van der Waals surface area contributed by atoms with Crippen LogP contribution < -0.4 is 14.8 Å². The lowest BCUT2D eigenvalue weighted by Crippen LogP contribution is -2.44. The fourth-order valence-corrected chi connectivity index (χ4v) is 4.33. The van der Waals surface area contributed by atoms with Crippen LogP contribution in [0.3, 0.4) is 0 Å². The number of ketones is 1. The first-order valence-electron chi connectivity index (χ1n) is 12.4. The van der Waals surface area contributed by atoms with E-state index in [2.05, 4.69) is 20.6 Å². The number of nitrogens with zero attached hydrogens (tertiary/aromatic N) is 5. The van der Waals surface area contributed by atoms with Crippen LogP contribution in [0.2, 0.25) is 0 Å². The molecule has 2 aromatic heterocycles. The van der Waals surface area contributed by atoms with Crippen LogP contribution in [-0.4, -0.2) is 80.9 Å². The largest absolute Gasteiger partial charge is 0.489 e. The smallest absolute Gasteiger partial charge is 0.274 e. The topological polar surface area (TPSA) is 138 Å². The molecule has 2 bridgehead atoms. The number of amides is 2. The standard InChI is InChI=1S/C26H28N6O6/c1-2-21(33)17-5-7-19(8-6-17)37-16-24(34)31-13-20-23(14-31)38-15-18-12-32(30-29-18)10-11-36-22-4-3-9-27-25(22)26(35)28-20/h3-9,12,20,23H,2,10-11,13-16H2,1H3,(H,28,35)/t20-,23-/m0/s1. The van der Waals surface area contributed by atoms with Crippen LogP contribution in [0, 0.1) is 0 Å². The number of nitrogens with one attached hydrogen (secondary N) is 1. The Labute approximate surface area is 218 Å². The number of rotatable bonds is 5. The van der Waals surface area contributed by atoms with Crippen molar-refractivity contribution in [2.24, 2.45) is 0 Å². The predicted molar refractivity (Wildman–Crippen MR) is 133 cm³/mol. The molecule has 2 amide bonds. The molecule has 1 saturated heterocycles. The van der Waals surface area contributed by atoms with Crippen molar-refractivity contribution in [3.8, 4) is 11.5 Å². The summed E-state index contributed by atoms with van der Waals surface area (Å²) < 4.78 is 19.2. The number of carbonyl (C=O) groups excluding carboxylic acids is 3. The maximum atomic E-state index is 13.1. The third kappa shape index (κ3) is 5.80. The van der Waals surface area contributed by atoms with E-state index in [-0.39, 0.29) is 50.3 Å². The van der Waals surface area contributed by atoms with Crippen LogP contribution in [-0.2, 0) is 22.7 Å². The first-order chi connectivity index (χ1) is 18.5. The summed E-state index contributed by atoms with van der Waals surface area (Å²) in [5, 5.41) is 11.2. The summed E-state index contributed by atoms with van der Waals surface area (Å²) in [6.07, 6.45) is 3.23. The third-order valence-electron chi connectivity index (χ3n) is 6.39. The summed E-state index contributed by atoms with van der Waals surface area (Å²) in [5.41, 5.74) is 1.38. The van der Waals surface area contributed by atoms with E-state index in [1.54, 1.807) is 59.1 Å². The van der Waals surface area contributed by atoms with Gasteiger partial charge in [-0.25, -0.2) is 9.67 Å². The van der Waals surface area contributed by atoms with E-state index in [1.807, 2.05) is 0 Å². The molecule has 1 N–H and O–H groups in total. The monoisotopic (exact) mass is 520 g/mol. The van der Waals surface area contributed by atoms with Gasteiger partial charge in [-0.1, -0.05) is 12.1 Å². The molecule has 5 rings (SSSR count). The molecule has 1 fully saturated rings. The number of fused-ring (bicyclic) bond motifs is 4. The first-order valence-corrected chi connectivity index (χ1v) is 12.4. The Kier molecular flexibility index (Phi) is 7.59. The second-order valence-electron chi connectivity index (χ2n) is 8.99. The van der Waals surface area contributed by atoms with Crippen molar-refractivity contribution in [3.05, 3.63) is 65.7 Å². The quantitative estimate of drug-likeness (QED) is 0.493. The van der Waals surface area contributed by atoms with Crippen molar-refractivity contribution in [3.63, 3.8) is 0 Å². The Morgan fingerprint density at radius 2 is 2.03 bits per heavy atom. The van der Waals surface area contributed by atoms with Gasteiger partial charge in [0.05, 0.1) is 31.5 Å². The molecule has 1 aromatic carbocycles. The number of carbonyl (C=O) groups is 3. The molecule has 12 nitrogen and oxygen atoms in total. The Hall–Kier alpha value is -4.32. The minimum absolute atomic E-state index is 0.0392. The van der Waals surface area contributed by atoms with Crippen LogP contribution in [0.25, 0.3) is 0 Å². The normalized spacial score (nSPS) is 19.4. The number of likely N-dealkylation sites (tertiary alicyclic amines) is 1. The molecule has 2 aliphatic rings. The maximum absolute atomic E-state index is 13.1. The molecule has 3 aromatic rings. The molecule has 4 heterocycles. The fraction of sp³-hybridized carbons (Fsp3) is 0.385. The Balaban J connectivity index is 1.28. The summed E-state index contributed by atoms with van der Waals surface area (Å²) in [6, 6.07) is 9.59. The number of ether oxygens (including phenoxy) is 3. The number of Topliss-reactive ketones (excluding diaryl/α,β-unsaturated/α-hetero) is 1. The highest BCUT2D eigenvalue weighted by atomic mass is 16.5. The maximum Gasteiger partial charge on any atom is 0.274 e. The van der Waals surface area contributed by atoms with Crippen LogP contribution in [0.1, 0.15) is 39.9 Å². The van der Waals surface area contributed by atoms with Gasteiger partial charge in [0.15, 0.2) is 23.8 Å². The predicted octanol–water partition coefficient (Wildman–Crippen LogP) is 1.26. The van der Waals surface area contributed by atoms with Crippen LogP contribution >= 0.6 is 0 Å². The Bertz CT molecular complexity index is 1310. The van der Waals surface area contributed by atoms with Gasteiger partial charge in [-0.05, 0) is 36.4 Å². The van der Waals surface area contributed by atoms with Crippen molar-refractivity contribution in [2.75, 3.05) is 26.3 Å². The van der Waals surface area contributed by atoms with Crippen LogP contribution in [0.4, 0.5) is 0 Å². The van der Waals surface area contributed by atoms with Gasteiger partial charge >= 0.3 is 0 Å². The average molecular weight is 521 g/mol. The van der Waals surface area contributed by atoms with Gasteiger partial charge in [-0.3, -0.25) is 14.4 Å². The first kappa shape index (κ1) is 25.3. The van der Waals surface area contributed by atoms with Crippen molar-refractivity contribution in [2.45, 2.75) is 38.6 Å². The third-order valence-corrected chi connectivity index (χ3v) is 6.39. The van der Waals surface area contributed by atoms with Crippen LogP contribution in [0.5, 0.6) is 11.5 Å². The molecule has 0 spiro atoms. The molecule has 198 valence electrons. The molecule has 2 aliphatic heterocycles. The lowest BCUT2D eigenvalue weighted by Gasteiger charge is -2.20. The summed E-state index contributed by atoms with van der Waals surface area (Å²) in [5.74, 6) is 0.206. The van der Waals surface area contributed by atoms with E-state index >= 15 is 0 Å². The van der Waals surface area contributed by atoms with Gasteiger partial charge in [0, 0.05) is 31.3 Å². The van der Waals surface area contributed by atoms with E-state index in [1.165, 1.54) is 6.20 Å². The SMILES string of the molecule is CCC(=O)c1ccc(OCC(=O)N2C[C@@H]3NC(=O)c4ncccc4OCCn4cc(nn4)CO[C@H]3C2)cc1. The highest BCUT2D eigenvalue weighted by Crippen LogP contribution is 2.20. The molecule has 0 unspecified atom stereocenters. The molecule has 0 aliphatic carbocycles. The highest BCUT2D eigenvalue weighted by molar-refractivity contribution is 5.96. The second-order valence-corrected chi connectivity index (χ2v) is 8.99. The number of benzene rings is 1. The van der Waals surface area contributed by atoms with Gasteiger partial charge in [-0.2, -0.15) is 0 Å². The lowest BCUT2D eigenvalue weighted by atomic mass is 10.1. The van der Waals surface area contributed by atoms with E-state index < -0.39 is 18.1 Å². The van der Waals surface area contributed by atoms with Gasteiger partial charge < -0.3 is 24.4 Å². The average Bonchev–Trinajstić information content (AvgIpc) is 3.57. The number of hydrogen-bond acceptors (Lipinski definition) is 9. The zero-order valence-electron chi connectivity index (χ0n) is 20.9. The minimum atomic E-state index is -0.487. The minimum Gasteiger partial charge on any atom is -0.489 e. The Morgan fingerprint density at radius 1 is 1.18 bits per heavy atom. The Morgan fingerprint density at radius 3 is 2.84 bits per heavy atom. The second kappa shape index (κ2) is 11.4. The lowest BCUT2D eigenvalue weighted by molar-refractivity contribution is -0.132. The number of pyridine rings is 1. The van der Waals surface area contributed by atoms with Gasteiger partial charge in [0.1, 0.15) is 18.1 Å². The van der Waals surface area contributed by atoms with E-state index in [0.717, 1.165) is 0 Å².